The minimum Gasteiger partial charge on any atom is -0.305 e. The van der Waals surface area contributed by atoms with E-state index in [9.17, 15) is 30.7 Å². The fourth-order valence-corrected chi connectivity index (χ4v) is 1.68. The number of rotatable bonds is 4. The molecule has 0 saturated carbocycles. The molecule has 1 unspecified atom stereocenters. The topological polar surface area (TPSA) is 12.0 Å². The van der Waals surface area contributed by atoms with Crippen molar-refractivity contribution >= 4 is 0 Å². The highest BCUT2D eigenvalue weighted by molar-refractivity contribution is 5.29. The summed E-state index contributed by atoms with van der Waals surface area (Å²) in [6.07, 6.45) is -5.88. The molecule has 0 aliphatic carbocycles. The van der Waals surface area contributed by atoms with Gasteiger partial charge in [-0.3, -0.25) is 0 Å². The molecule has 0 heterocycles. The zero-order valence-electron chi connectivity index (χ0n) is 10.6. The maximum atomic E-state index is 13.6. The lowest BCUT2D eigenvalue weighted by atomic mass is 9.97. The van der Waals surface area contributed by atoms with Crippen LogP contribution in [-0.4, -0.2) is 18.6 Å². The minimum atomic E-state index is -5.88. The van der Waals surface area contributed by atoms with Gasteiger partial charge in [0, 0.05) is 5.56 Å². The molecule has 0 aliphatic rings. The van der Waals surface area contributed by atoms with Crippen LogP contribution in [0.3, 0.4) is 0 Å². The van der Waals surface area contributed by atoms with Crippen LogP contribution in [0, 0.1) is 18.6 Å². The monoisotopic (exact) mass is 303 g/mol. The van der Waals surface area contributed by atoms with Crippen molar-refractivity contribution in [3.8, 4) is 0 Å². The first kappa shape index (κ1) is 16.7. The Morgan fingerprint density at radius 1 is 1.05 bits per heavy atom. The van der Waals surface area contributed by atoms with Crippen molar-refractivity contribution in [2.45, 2.75) is 32.0 Å². The highest BCUT2D eigenvalue weighted by Gasteiger charge is 2.63. The fraction of sp³-hybridized carbons (Fsp3) is 0.500. The van der Waals surface area contributed by atoms with Crippen LogP contribution in [0.4, 0.5) is 30.7 Å². The van der Waals surface area contributed by atoms with Gasteiger partial charge in [0.1, 0.15) is 17.7 Å². The Kier molecular flexibility index (Phi) is 4.68. The molecule has 0 amide bonds. The smallest absolute Gasteiger partial charge is 0.305 e. The maximum Gasteiger partial charge on any atom is 0.455 e. The number of hydrogen-bond donors (Lipinski definition) is 1. The van der Waals surface area contributed by atoms with Crippen LogP contribution in [-0.2, 0) is 0 Å². The van der Waals surface area contributed by atoms with E-state index in [1.54, 1.807) is 0 Å². The second-order valence-electron chi connectivity index (χ2n) is 4.23. The lowest BCUT2D eigenvalue weighted by molar-refractivity contribution is -0.294. The van der Waals surface area contributed by atoms with Gasteiger partial charge in [-0.1, -0.05) is 6.92 Å². The molecule has 0 bridgehead atoms. The van der Waals surface area contributed by atoms with E-state index in [-0.39, 0.29) is 12.1 Å². The largest absolute Gasteiger partial charge is 0.455 e. The number of aryl methyl sites for hydroxylation is 1. The predicted octanol–water partition coefficient (Wildman–Crippen LogP) is 4.12. The second-order valence-corrected chi connectivity index (χ2v) is 4.23. The van der Waals surface area contributed by atoms with Crippen molar-refractivity contribution in [1.29, 1.82) is 0 Å². The van der Waals surface area contributed by atoms with Crippen molar-refractivity contribution in [2.24, 2.45) is 0 Å². The molecule has 1 rings (SSSR count). The third-order valence-electron chi connectivity index (χ3n) is 2.74. The van der Waals surface area contributed by atoms with Crippen LogP contribution in [0.5, 0.6) is 0 Å². The number of alkyl halides is 5. The highest BCUT2D eigenvalue weighted by atomic mass is 19.4. The average Bonchev–Trinajstić information content (AvgIpc) is 2.29. The molecule has 1 N–H and O–H groups in total. The molecule has 114 valence electrons. The Morgan fingerprint density at radius 2 is 1.60 bits per heavy atom. The summed E-state index contributed by atoms with van der Waals surface area (Å²) in [6, 6.07) is -1.75. The zero-order chi connectivity index (χ0) is 15.7. The first-order chi connectivity index (χ1) is 9.02. The molecular weight excluding hydrogens is 291 g/mol. The Bertz CT molecular complexity index is 481. The molecule has 20 heavy (non-hydrogen) atoms. The third-order valence-corrected chi connectivity index (χ3v) is 2.74. The molecular formula is C12H12F7N. The minimum absolute atomic E-state index is 0.183. The Hall–Kier alpha value is -1.31. The third kappa shape index (κ3) is 3.05. The first-order valence-electron chi connectivity index (χ1n) is 5.65. The molecule has 1 nitrogen and oxygen atoms in total. The van der Waals surface area contributed by atoms with E-state index < -0.39 is 35.3 Å². The van der Waals surface area contributed by atoms with E-state index in [2.05, 4.69) is 0 Å². The Labute approximate surface area is 110 Å². The van der Waals surface area contributed by atoms with Crippen molar-refractivity contribution in [1.82, 2.24) is 5.32 Å². The quantitative estimate of drug-likeness (QED) is 0.825. The molecule has 0 radical (unpaired) electrons. The molecule has 1 aromatic rings. The van der Waals surface area contributed by atoms with Gasteiger partial charge in [0.2, 0.25) is 0 Å². The van der Waals surface area contributed by atoms with E-state index in [0.717, 1.165) is 0 Å². The summed E-state index contributed by atoms with van der Waals surface area (Å²) in [4.78, 5) is 0. The molecule has 0 fully saturated rings. The van der Waals surface area contributed by atoms with E-state index in [0.29, 0.717) is 12.1 Å². The summed E-state index contributed by atoms with van der Waals surface area (Å²) in [5.74, 6) is -7.60. The van der Waals surface area contributed by atoms with Crippen LogP contribution >= 0.6 is 0 Å². The van der Waals surface area contributed by atoms with Gasteiger partial charge in [0.05, 0.1) is 0 Å². The number of nitrogens with one attached hydrogen (secondary N) is 1. The van der Waals surface area contributed by atoms with Gasteiger partial charge in [-0.25, -0.2) is 8.78 Å². The van der Waals surface area contributed by atoms with Gasteiger partial charge in [0.15, 0.2) is 0 Å². The van der Waals surface area contributed by atoms with Crippen LogP contribution in [0.1, 0.15) is 24.1 Å². The summed E-state index contributed by atoms with van der Waals surface area (Å²) < 4.78 is 90.9. The van der Waals surface area contributed by atoms with Crippen molar-refractivity contribution in [3.05, 3.63) is 34.9 Å². The molecule has 0 aromatic heterocycles. The van der Waals surface area contributed by atoms with Crippen molar-refractivity contribution < 1.29 is 30.7 Å². The summed E-state index contributed by atoms with van der Waals surface area (Å²) >= 11 is 0. The van der Waals surface area contributed by atoms with Crippen LogP contribution in [0.15, 0.2) is 12.1 Å². The van der Waals surface area contributed by atoms with Gasteiger partial charge >= 0.3 is 12.1 Å². The maximum absolute atomic E-state index is 13.6. The van der Waals surface area contributed by atoms with Crippen LogP contribution in [0.25, 0.3) is 0 Å². The fourth-order valence-electron chi connectivity index (χ4n) is 1.68. The predicted molar refractivity (Wildman–Crippen MR) is 58.5 cm³/mol. The van der Waals surface area contributed by atoms with Gasteiger partial charge in [-0.15, -0.1) is 0 Å². The lowest BCUT2D eigenvalue weighted by Gasteiger charge is -2.29. The molecule has 0 spiro atoms. The number of benzene rings is 1. The summed E-state index contributed by atoms with van der Waals surface area (Å²) in [7, 11) is 0. The first-order valence-corrected chi connectivity index (χ1v) is 5.65. The van der Waals surface area contributed by atoms with E-state index >= 15 is 0 Å². The van der Waals surface area contributed by atoms with E-state index in [1.807, 2.05) is 5.32 Å². The Morgan fingerprint density at radius 3 is 2.05 bits per heavy atom. The SMILES string of the molecule is CCNC(c1cc(F)c(C)cc1F)C(F)(F)C(F)(F)F. The highest BCUT2D eigenvalue weighted by Crippen LogP contribution is 2.45. The van der Waals surface area contributed by atoms with Crippen molar-refractivity contribution in [3.63, 3.8) is 0 Å². The molecule has 0 saturated heterocycles. The van der Waals surface area contributed by atoms with Crippen LogP contribution in [0.2, 0.25) is 0 Å². The molecule has 8 heteroatoms. The number of halogens is 7. The summed E-state index contributed by atoms with van der Waals surface area (Å²) in [5.41, 5.74) is -1.24. The zero-order valence-corrected chi connectivity index (χ0v) is 10.6. The molecule has 0 aliphatic heterocycles. The van der Waals surface area contributed by atoms with Gasteiger partial charge in [-0.2, -0.15) is 22.0 Å². The van der Waals surface area contributed by atoms with Crippen LogP contribution < -0.4 is 5.32 Å². The Balaban J connectivity index is 3.39. The lowest BCUT2D eigenvalue weighted by Crippen LogP contribution is -2.48. The van der Waals surface area contributed by atoms with Gasteiger partial charge in [-0.05, 0) is 31.2 Å². The van der Waals surface area contributed by atoms with Gasteiger partial charge < -0.3 is 5.32 Å². The summed E-state index contributed by atoms with van der Waals surface area (Å²) in [6.45, 7) is 2.18. The van der Waals surface area contributed by atoms with Crippen molar-refractivity contribution in [2.75, 3.05) is 6.54 Å². The van der Waals surface area contributed by atoms with Gasteiger partial charge in [0.25, 0.3) is 0 Å². The second kappa shape index (κ2) is 5.59. The average molecular weight is 303 g/mol. The normalized spacial score (nSPS) is 14.4. The standard InChI is InChI=1S/C12H12F7N/c1-3-20-10(11(15,16)12(17,18)19)7-5-8(13)6(2)4-9(7)14/h4-5,10,20H,3H2,1-2H3. The molecule has 1 atom stereocenters. The van der Waals surface area contributed by atoms with E-state index in [4.69, 9.17) is 0 Å². The molecule has 1 aromatic carbocycles. The summed E-state index contributed by atoms with van der Waals surface area (Å²) in [5, 5.41) is 1.86. The van der Waals surface area contributed by atoms with E-state index in [1.165, 1.54) is 13.8 Å². The number of hydrogen-bond acceptors (Lipinski definition) is 1.